The number of nitrogens with one attached hydrogen (secondary N) is 1. The number of esters is 1. The van der Waals surface area contributed by atoms with E-state index in [2.05, 4.69) is 86.8 Å². The highest BCUT2D eigenvalue weighted by Crippen LogP contribution is 2.26. The van der Waals surface area contributed by atoms with Crippen LogP contribution in [0.5, 0.6) is 0 Å². The average Bonchev–Trinajstić information content (AvgIpc) is 3.50. The van der Waals surface area contributed by atoms with Crippen molar-refractivity contribution in [3.63, 3.8) is 0 Å². The number of allylic oxidation sites excluding steroid dienone is 15. The van der Waals surface area contributed by atoms with Crippen LogP contribution in [0.3, 0.4) is 0 Å². The molecule has 0 bridgehead atoms. The van der Waals surface area contributed by atoms with E-state index >= 15 is 0 Å². The molecule has 1 saturated heterocycles. The first-order valence-electron chi connectivity index (χ1n) is 33.0. The number of carbonyl (C=O) groups is 2. The molecule has 0 aromatic carbocycles. The summed E-state index contributed by atoms with van der Waals surface area (Å²) < 4.78 is 17.6. The Labute approximate surface area is 495 Å². The zero-order valence-electron chi connectivity index (χ0n) is 51.6. The lowest BCUT2D eigenvalue weighted by atomic mass is 9.99. The summed E-state index contributed by atoms with van der Waals surface area (Å²) in [7, 11) is 0. The van der Waals surface area contributed by atoms with Crippen molar-refractivity contribution < 1.29 is 49.3 Å². The zero-order valence-corrected chi connectivity index (χ0v) is 51.6. The van der Waals surface area contributed by atoms with Crippen molar-refractivity contribution in [3.8, 4) is 0 Å². The van der Waals surface area contributed by atoms with Crippen LogP contribution >= 0.6 is 0 Å². The molecule has 466 valence electrons. The van der Waals surface area contributed by atoms with E-state index in [1.54, 1.807) is 6.08 Å². The lowest BCUT2D eigenvalue weighted by molar-refractivity contribution is -0.305. The summed E-state index contributed by atoms with van der Waals surface area (Å²) in [6, 6.07) is -1.04. The molecule has 0 aliphatic carbocycles. The summed E-state index contributed by atoms with van der Waals surface area (Å²) in [4.78, 5) is 26.6. The number of carbonyl (C=O) groups excluding carboxylic acids is 2. The van der Waals surface area contributed by atoms with E-state index in [-0.39, 0.29) is 19.4 Å². The minimum atomic E-state index is -1.62. The lowest BCUT2D eigenvalue weighted by Gasteiger charge is -2.41. The predicted octanol–water partition coefficient (Wildman–Crippen LogP) is 16.3. The summed E-state index contributed by atoms with van der Waals surface area (Å²) in [5.41, 5.74) is 0. The number of ether oxygens (including phenoxy) is 3. The lowest BCUT2D eigenvalue weighted by Crippen LogP contribution is -2.61. The first-order chi connectivity index (χ1) is 39.7. The van der Waals surface area contributed by atoms with Gasteiger partial charge in [-0.05, 0) is 89.9 Å². The van der Waals surface area contributed by atoms with Crippen LogP contribution in [-0.2, 0) is 23.8 Å². The van der Waals surface area contributed by atoms with Crippen molar-refractivity contribution in [3.05, 3.63) is 97.2 Å². The van der Waals surface area contributed by atoms with Crippen molar-refractivity contribution in [1.29, 1.82) is 0 Å². The summed E-state index contributed by atoms with van der Waals surface area (Å²) in [5, 5.41) is 57.0. The first kappa shape index (κ1) is 75.6. The van der Waals surface area contributed by atoms with Crippen LogP contribution in [-0.4, -0.2) is 99.6 Å². The molecule has 1 fully saturated rings. The number of hydrogen-bond donors (Lipinski definition) is 6. The Hall–Kier alpha value is -3.42. The van der Waals surface area contributed by atoms with Gasteiger partial charge in [0.15, 0.2) is 12.4 Å². The third-order valence-electron chi connectivity index (χ3n) is 15.0. The molecule has 11 nitrogen and oxygen atoms in total. The Kier molecular flexibility index (Phi) is 53.2. The van der Waals surface area contributed by atoms with Gasteiger partial charge < -0.3 is 45.1 Å². The van der Waals surface area contributed by atoms with Gasteiger partial charge in [-0.2, -0.15) is 0 Å². The number of rotatable bonds is 55. The van der Waals surface area contributed by atoms with E-state index in [0.717, 1.165) is 96.3 Å². The molecule has 0 spiro atoms. The fraction of sp³-hybridized carbons (Fsp3) is 0.743. The van der Waals surface area contributed by atoms with Crippen LogP contribution in [0.2, 0.25) is 0 Å². The summed E-state index contributed by atoms with van der Waals surface area (Å²) >= 11 is 0. The second-order valence-electron chi connectivity index (χ2n) is 22.5. The van der Waals surface area contributed by atoms with E-state index in [4.69, 9.17) is 14.2 Å². The van der Waals surface area contributed by atoms with Crippen LogP contribution in [0.1, 0.15) is 271 Å². The maximum absolute atomic E-state index is 13.4. The van der Waals surface area contributed by atoms with Crippen molar-refractivity contribution in [2.24, 2.45) is 0 Å². The Morgan fingerprint density at radius 3 is 1.46 bits per heavy atom. The van der Waals surface area contributed by atoms with Crippen molar-refractivity contribution in [1.82, 2.24) is 5.32 Å². The molecule has 0 aromatic heterocycles. The summed E-state index contributed by atoms with van der Waals surface area (Å²) in [5.74, 6) is -1.22. The van der Waals surface area contributed by atoms with Crippen LogP contribution < -0.4 is 5.32 Å². The number of hydrogen-bond acceptors (Lipinski definition) is 10. The van der Waals surface area contributed by atoms with Crippen molar-refractivity contribution >= 4 is 11.9 Å². The predicted molar refractivity (Wildman–Crippen MR) is 338 cm³/mol. The standard InChI is InChI=1S/C70H121NO10/c1-4-7-10-13-16-19-22-25-26-27-28-29-30-31-32-33-34-35-36-37-38-40-43-46-49-52-55-58-65(75)81-68-67(77)66(76)64(59-72)80-70(68)79-60-61(62(73)56-53-50-47-44-42-39-23-20-17-14-11-8-5-2)71-69(78)63(74)57-54-51-48-45-41-24-21-18-15-12-9-6-3/h9,12,15-16,18-19,21,24-26,28-29,31-32,53,56,61-64,66-68,70,72-74,76-77H,4-8,10-11,13-14,17,20,22-23,27,30,33-52,54-55,57-60H2,1-3H3,(H,71,78)/b12-9+,18-15+,19-16-,24-21-,26-25-,29-28-,32-31-,56-53+. The van der Waals surface area contributed by atoms with Gasteiger partial charge in [0.05, 0.1) is 25.4 Å². The fourth-order valence-corrected chi connectivity index (χ4v) is 9.81. The quantitative estimate of drug-likeness (QED) is 0.0149. The Morgan fingerprint density at radius 2 is 0.938 bits per heavy atom. The largest absolute Gasteiger partial charge is 0.454 e. The number of aliphatic hydroxyl groups excluding tert-OH is 5. The van der Waals surface area contributed by atoms with Gasteiger partial charge in [0, 0.05) is 6.42 Å². The van der Waals surface area contributed by atoms with Gasteiger partial charge in [0.1, 0.15) is 24.4 Å². The third kappa shape index (κ3) is 44.7. The maximum atomic E-state index is 13.4. The van der Waals surface area contributed by atoms with Gasteiger partial charge in [-0.3, -0.25) is 9.59 Å². The van der Waals surface area contributed by atoms with Crippen LogP contribution in [0, 0.1) is 0 Å². The summed E-state index contributed by atoms with van der Waals surface area (Å²) in [6.45, 7) is 5.61. The molecular weight excluding hydrogens is 1010 g/mol. The van der Waals surface area contributed by atoms with Gasteiger partial charge >= 0.3 is 5.97 Å². The molecular formula is C70H121NO10. The second kappa shape index (κ2) is 57.0. The van der Waals surface area contributed by atoms with Crippen molar-refractivity contribution in [2.75, 3.05) is 13.2 Å². The van der Waals surface area contributed by atoms with Crippen LogP contribution in [0.25, 0.3) is 0 Å². The molecule has 81 heavy (non-hydrogen) atoms. The molecule has 8 atom stereocenters. The van der Waals surface area contributed by atoms with Gasteiger partial charge in [-0.15, -0.1) is 0 Å². The average molecular weight is 1140 g/mol. The van der Waals surface area contributed by atoms with Crippen LogP contribution in [0.15, 0.2) is 97.2 Å². The molecule has 0 radical (unpaired) electrons. The van der Waals surface area contributed by atoms with Crippen molar-refractivity contribution in [2.45, 2.75) is 320 Å². The Balaban J connectivity index is 2.58. The molecule has 1 rings (SSSR count). The highest BCUT2D eigenvalue weighted by atomic mass is 16.7. The van der Waals surface area contributed by atoms with Gasteiger partial charge in [-0.25, -0.2) is 0 Å². The molecule has 8 unspecified atom stereocenters. The molecule has 0 saturated carbocycles. The zero-order chi connectivity index (χ0) is 58.9. The third-order valence-corrected chi connectivity index (χ3v) is 15.0. The minimum absolute atomic E-state index is 0.113. The normalized spacial score (nSPS) is 19.3. The van der Waals surface area contributed by atoms with E-state index in [1.165, 1.54) is 128 Å². The molecule has 1 amide bonds. The maximum Gasteiger partial charge on any atom is 0.306 e. The van der Waals surface area contributed by atoms with E-state index in [9.17, 15) is 35.1 Å². The Morgan fingerprint density at radius 1 is 0.506 bits per heavy atom. The van der Waals surface area contributed by atoms with E-state index in [1.807, 2.05) is 30.4 Å². The van der Waals surface area contributed by atoms with E-state index in [0.29, 0.717) is 12.8 Å². The molecule has 1 aliphatic rings. The molecule has 1 heterocycles. The fourth-order valence-electron chi connectivity index (χ4n) is 9.81. The second-order valence-corrected chi connectivity index (χ2v) is 22.5. The minimum Gasteiger partial charge on any atom is -0.454 e. The topological polar surface area (TPSA) is 175 Å². The van der Waals surface area contributed by atoms with Gasteiger partial charge in [0.2, 0.25) is 5.91 Å². The Bertz CT molecular complexity index is 1690. The first-order valence-corrected chi connectivity index (χ1v) is 33.0. The highest BCUT2D eigenvalue weighted by Gasteiger charge is 2.47. The summed E-state index contributed by atoms with van der Waals surface area (Å²) in [6.07, 6.45) is 66.0. The number of amides is 1. The SMILES string of the molecule is CC/C=C/C=C/C=C\CCCCCCC(O)C(=O)NC(COC1OC(CO)C(O)C(O)C1OC(=O)CCCCCCCCCCCCC/C=C\C/C=C\C/C=C\C/C=C\CCCCC)C(O)/C=C/CCCCCCCCCCCCC. The highest BCUT2D eigenvalue weighted by molar-refractivity contribution is 5.80. The molecule has 1 aliphatic heterocycles. The smallest absolute Gasteiger partial charge is 0.306 e. The number of unbranched alkanes of at least 4 members (excludes halogenated alkanes) is 29. The van der Waals surface area contributed by atoms with Gasteiger partial charge in [-0.1, -0.05) is 272 Å². The molecule has 6 N–H and O–H groups in total. The molecule has 0 aromatic rings. The monoisotopic (exact) mass is 1140 g/mol. The number of aliphatic hydroxyl groups is 5. The molecule has 11 heteroatoms. The van der Waals surface area contributed by atoms with E-state index < -0.39 is 67.4 Å². The van der Waals surface area contributed by atoms with Crippen LogP contribution in [0.4, 0.5) is 0 Å². The van der Waals surface area contributed by atoms with Gasteiger partial charge in [0.25, 0.3) is 0 Å².